The molecular formula is C18H21N3O4. The summed E-state index contributed by atoms with van der Waals surface area (Å²) in [6, 6.07) is 11.6. The third kappa shape index (κ3) is 5.56. The molecule has 0 bridgehead atoms. The Hall–Kier alpha value is -2.96. The van der Waals surface area contributed by atoms with Crippen molar-refractivity contribution in [2.75, 3.05) is 13.2 Å². The van der Waals surface area contributed by atoms with Crippen molar-refractivity contribution in [3.8, 4) is 0 Å². The van der Waals surface area contributed by atoms with E-state index in [-0.39, 0.29) is 13.2 Å². The van der Waals surface area contributed by atoms with E-state index >= 15 is 0 Å². The van der Waals surface area contributed by atoms with Crippen LogP contribution >= 0.6 is 0 Å². The van der Waals surface area contributed by atoms with Crippen LogP contribution in [0.25, 0.3) is 0 Å². The van der Waals surface area contributed by atoms with Gasteiger partial charge in [0.05, 0.1) is 19.8 Å². The molecule has 1 aromatic carbocycles. The summed E-state index contributed by atoms with van der Waals surface area (Å²) in [5.74, 6) is -2.17. The van der Waals surface area contributed by atoms with Gasteiger partial charge in [-0.15, -0.1) is 0 Å². The zero-order chi connectivity index (χ0) is 18.1. The van der Waals surface area contributed by atoms with Crippen LogP contribution in [0, 0.1) is 5.92 Å². The van der Waals surface area contributed by atoms with Crippen LogP contribution in [0.2, 0.25) is 0 Å². The van der Waals surface area contributed by atoms with Crippen molar-refractivity contribution in [3.05, 3.63) is 48.2 Å². The van der Waals surface area contributed by atoms with Gasteiger partial charge in [0.15, 0.2) is 11.7 Å². The van der Waals surface area contributed by atoms with Crippen LogP contribution in [-0.4, -0.2) is 41.1 Å². The Bertz CT molecular complexity index is 707. The number of carbonyl (C=O) groups is 2. The van der Waals surface area contributed by atoms with Gasteiger partial charge in [-0.1, -0.05) is 30.3 Å². The first-order valence-corrected chi connectivity index (χ1v) is 8.08. The lowest BCUT2D eigenvalue weighted by Gasteiger charge is -2.09. The molecular weight excluding hydrogens is 322 g/mol. The van der Waals surface area contributed by atoms with Crippen LogP contribution in [-0.2, 0) is 25.6 Å². The lowest BCUT2D eigenvalue weighted by atomic mass is 10.2. The highest BCUT2D eigenvalue weighted by molar-refractivity contribution is 6.09. The maximum Gasteiger partial charge on any atom is 0.325 e. The molecule has 25 heavy (non-hydrogen) atoms. The van der Waals surface area contributed by atoms with E-state index in [1.54, 1.807) is 30.8 Å². The van der Waals surface area contributed by atoms with Gasteiger partial charge in [0.2, 0.25) is 0 Å². The fourth-order valence-electron chi connectivity index (χ4n) is 2.11. The number of hydrogen-bond donors (Lipinski definition) is 0. The number of aromatic nitrogens is 2. The maximum atomic E-state index is 11.9. The Morgan fingerprint density at radius 3 is 2.36 bits per heavy atom. The van der Waals surface area contributed by atoms with E-state index in [1.165, 1.54) is 6.21 Å². The topological polar surface area (TPSA) is 82.8 Å². The fraction of sp³-hybridized carbons (Fsp3) is 0.333. The van der Waals surface area contributed by atoms with Gasteiger partial charge >= 0.3 is 11.9 Å². The molecule has 0 N–H and O–H groups in total. The van der Waals surface area contributed by atoms with E-state index in [1.807, 2.05) is 30.3 Å². The van der Waals surface area contributed by atoms with Crippen LogP contribution in [0.3, 0.4) is 0 Å². The number of carbonyl (C=O) groups excluding carboxylic acids is 2. The number of aliphatic imine (C=N–C) groups is 1. The van der Waals surface area contributed by atoms with Crippen molar-refractivity contribution in [1.29, 1.82) is 0 Å². The highest BCUT2D eigenvalue weighted by Crippen LogP contribution is 2.11. The molecule has 7 heteroatoms. The standard InChI is InChI=1S/C18H21N3O4/c1-3-24-17(22)15(18(23)25-4-2)12-19-16-10-11-21(20-16)13-14-8-6-5-7-9-14/h5-12,15H,3-4,13H2,1-2H3. The van der Waals surface area contributed by atoms with E-state index in [0.717, 1.165) is 5.56 Å². The van der Waals surface area contributed by atoms with Gasteiger partial charge in [0.25, 0.3) is 0 Å². The first-order valence-electron chi connectivity index (χ1n) is 8.08. The minimum absolute atomic E-state index is 0.175. The summed E-state index contributed by atoms with van der Waals surface area (Å²) in [7, 11) is 0. The van der Waals surface area contributed by atoms with Crippen LogP contribution in [0.15, 0.2) is 47.6 Å². The van der Waals surface area contributed by atoms with E-state index in [4.69, 9.17) is 9.47 Å². The Kier molecular flexibility index (Phi) is 6.88. The molecule has 0 aliphatic carbocycles. The number of esters is 2. The van der Waals surface area contributed by atoms with Crippen LogP contribution in [0.1, 0.15) is 19.4 Å². The highest BCUT2D eigenvalue weighted by Gasteiger charge is 2.27. The van der Waals surface area contributed by atoms with Gasteiger partial charge in [0, 0.05) is 18.5 Å². The van der Waals surface area contributed by atoms with Crippen molar-refractivity contribution < 1.29 is 19.1 Å². The summed E-state index contributed by atoms with van der Waals surface area (Å²) >= 11 is 0. The Balaban J connectivity index is 2.07. The normalized spacial score (nSPS) is 11.0. The van der Waals surface area contributed by atoms with Gasteiger partial charge in [-0.3, -0.25) is 14.3 Å². The fourth-order valence-corrected chi connectivity index (χ4v) is 2.11. The van der Waals surface area contributed by atoms with Crippen molar-refractivity contribution in [1.82, 2.24) is 9.78 Å². The third-order valence-corrected chi connectivity index (χ3v) is 3.25. The average Bonchev–Trinajstić information content (AvgIpc) is 3.04. The summed E-state index contributed by atoms with van der Waals surface area (Å²) in [6.07, 6.45) is 2.99. The number of hydrogen-bond acceptors (Lipinski definition) is 6. The van der Waals surface area contributed by atoms with Gasteiger partial charge < -0.3 is 9.47 Å². The second kappa shape index (κ2) is 9.36. The largest absolute Gasteiger partial charge is 0.465 e. The van der Waals surface area contributed by atoms with Gasteiger partial charge in [-0.05, 0) is 19.4 Å². The SMILES string of the molecule is CCOC(=O)C(C=Nc1ccn(Cc2ccccc2)n1)C(=O)OCC. The average molecular weight is 343 g/mol. The maximum absolute atomic E-state index is 11.9. The third-order valence-electron chi connectivity index (χ3n) is 3.25. The molecule has 0 aliphatic heterocycles. The minimum Gasteiger partial charge on any atom is -0.465 e. The van der Waals surface area contributed by atoms with E-state index in [2.05, 4.69) is 10.1 Å². The van der Waals surface area contributed by atoms with E-state index in [9.17, 15) is 9.59 Å². The highest BCUT2D eigenvalue weighted by atomic mass is 16.6. The molecule has 2 aromatic rings. The monoisotopic (exact) mass is 343 g/mol. The van der Waals surface area contributed by atoms with Crippen LogP contribution in [0.5, 0.6) is 0 Å². The molecule has 2 rings (SSSR count). The lowest BCUT2D eigenvalue weighted by Crippen LogP contribution is -2.29. The number of ether oxygens (including phenoxy) is 2. The molecule has 0 aliphatic rings. The summed E-state index contributed by atoms with van der Waals surface area (Å²) < 4.78 is 11.5. The quantitative estimate of drug-likeness (QED) is 0.417. The molecule has 0 saturated carbocycles. The molecule has 1 aromatic heterocycles. The summed E-state index contributed by atoms with van der Waals surface area (Å²) in [5.41, 5.74) is 1.11. The second-order valence-corrected chi connectivity index (χ2v) is 5.12. The minimum atomic E-state index is -1.20. The molecule has 0 spiro atoms. The van der Waals surface area contributed by atoms with Crippen LogP contribution < -0.4 is 0 Å². The second-order valence-electron chi connectivity index (χ2n) is 5.12. The Labute approximate surface area is 146 Å². The predicted octanol–water partition coefficient (Wildman–Crippen LogP) is 2.38. The molecule has 0 atom stereocenters. The van der Waals surface area contributed by atoms with Gasteiger partial charge in [-0.2, -0.15) is 5.10 Å². The Morgan fingerprint density at radius 1 is 1.12 bits per heavy atom. The number of nitrogens with zero attached hydrogens (tertiary/aromatic N) is 3. The van der Waals surface area contributed by atoms with Crippen molar-refractivity contribution in [2.45, 2.75) is 20.4 Å². The number of rotatable bonds is 8. The van der Waals surface area contributed by atoms with Gasteiger partial charge in [0.1, 0.15) is 0 Å². The first kappa shape index (κ1) is 18.4. The summed E-state index contributed by atoms with van der Waals surface area (Å²) in [5, 5.41) is 4.30. The first-order chi connectivity index (χ1) is 12.1. The van der Waals surface area contributed by atoms with E-state index < -0.39 is 17.9 Å². The molecule has 0 fully saturated rings. The predicted molar refractivity (Wildman–Crippen MR) is 92.7 cm³/mol. The Morgan fingerprint density at radius 2 is 1.76 bits per heavy atom. The molecule has 0 saturated heterocycles. The van der Waals surface area contributed by atoms with E-state index in [0.29, 0.717) is 12.4 Å². The summed E-state index contributed by atoms with van der Waals surface area (Å²) in [6.45, 7) is 4.29. The van der Waals surface area contributed by atoms with Crippen molar-refractivity contribution in [2.24, 2.45) is 10.9 Å². The van der Waals surface area contributed by atoms with Crippen molar-refractivity contribution >= 4 is 24.0 Å². The zero-order valence-corrected chi connectivity index (χ0v) is 14.3. The van der Waals surface area contributed by atoms with Crippen molar-refractivity contribution in [3.63, 3.8) is 0 Å². The molecule has 7 nitrogen and oxygen atoms in total. The molecule has 0 unspecified atom stereocenters. The summed E-state index contributed by atoms with van der Waals surface area (Å²) in [4.78, 5) is 27.9. The molecule has 0 amide bonds. The lowest BCUT2D eigenvalue weighted by molar-refractivity contribution is -0.157. The molecule has 1 heterocycles. The van der Waals surface area contributed by atoms with Gasteiger partial charge in [-0.25, -0.2) is 4.99 Å². The molecule has 0 radical (unpaired) electrons. The smallest absolute Gasteiger partial charge is 0.325 e. The zero-order valence-electron chi connectivity index (χ0n) is 14.3. The number of benzene rings is 1. The molecule has 132 valence electrons. The van der Waals surface area contributed by atoms with Crippen LogP contribution in [0.4, 0.5) is 5.82 Å².